The Balaban J connectivity index is 1.67. The van der Waals surface area contributed by atoms with Crippen LogP contribution in [0.25, 0.3) is 0 Å². The van der Waals surface area contributed by atoms with E-state index < -0.39 is 6.09 Å². The van der Waals surface area contributed by atoms with Crippen LogP contribution in [0, 0.1) is 23.7 Å². The zero-order valence-corrected chi connectivity index (χ0v) is 26.4. The fraction of sp³-hybridized carbons (Fsp3) is 0.514. The maximum atomic E-state index is 13.6. The van der Waals surface area contributed by atoms with E-state index in [2.05, 4.69) is 0 Å². The Morgan fingerprint density at radius 3 is 2.23 bits per heavy atom. The largest absolute Gasteiger partial charge is 0.493 e. The van der Waals surface area contributed by atoms with E-state index in [1.807, 2.05) is 70.2 Å². The fourth-order valence-corrected chi connectivity index (χ4v) is 5.31. The summed E-state index contributed by atoms with van der Waals surface area (Å²) in [7, 11) is 3.22. The van der Waals surface area contributed by atoms with Crippen LogP contribution in [-0.2, 0) is 20.7 Å². The molecule has 3 atom stereocenters. The Morgan fingerprint density at radius 1 is 0.930 bits per heavy atom. The van der Waals surface area contributed by atoms with Gasteiger partial charge in [0.1, 0.15) is 6.61 Å². The monoisotopic (exact) mass is 593 g/mol. The highest BCUT2D eigenvalue weighted by atomic mass is 16.6. The van der Waals surface area contributed by atoms with E-state index in [0.717, 1.165) is 12.0 Å². The number of carbonyl (C=O) groups excluding carboxylic acids is 3. The van der Waals surface area contributed by atoms with Gasteiger partial charge >= 0.3 is 6.09 Å². The number of benzene rings is 2. The molecule has 2 aromatic rings. The first kappa shape index (κ1) is 33.8. The molecule has 234 valence electrons. The molecule has 2 amide bonds. The minimum Gasteiger partial charge on any atom is -0.493 e. The summed E-state index contributed by atoms with van der Waals surface area (Å²) >= 11 is 0. The summed E-state index contributed by atoms with van der Waals surface area (Å²) < 4.78 is 21.7. The Labute approximate surface area is 256 Å². The van der Waals surface area contributed by atoms with Gasteiger partial charge in [-0.3, -0.25) is 9.59 Å². The van der Waals surface area contributed by atoms with Crippen molar-refractivity contribution < 1.29 is 33.3 Å². The highest BCUT2D eigenvalue weighted by Crippen LogP contribution is 2.31. The van der Waals surface area contributed by atoms with Gasteiger partial charge in [-0.1, -0.05) is 70.2 Å². The lowest BCUT2D eigenvalue weighted by Crippen LogP contribution is -2.44. The summed E-state index contributed by atoms with van der Waals surface area (Å²) in [4.78, 5) is 41.1. The molecule has 0 spiro atoms. The number of amides is 2. The second-order valence-electron chi connectivity index (χ2n) is 11.7. The number of allylic oxidation sites excluding steroid dienone is 2. The summed E-state index contributed by atoms with van der Waals surface area (Å²) in [6.07, 6.45) is 5.67. The Kier molecular flexibility index (Phi) is 13.3. The van der Waals surface area contributed by atoms with Crippen LogP contribution in [0.5, 0.6) is 11.5 Å². The molecule has 3 rings (SSSR count). The van der Waals surface area contributed by atoms with Gasteiger partial charge in [0, 0.05) is 37.5 Å². The van der Waals surface area contributed by atoms with E-state index in [-0.39, 0.29) is 48.0 Å². The Morgan fingerprint density at radius 2 is 1.60 bits per heavy atom. The highest BCUT2D eigenvalue weighted by Gasteiger charge is 2.41. The number of cyclic esters (lactones) is 1. The third-order valence-electron chi connectivity index (χ3n) is 7.92. The number of methoxy groups -OCH3 is 2. The topological polar surface area (TPSA) is 91.4 Å². The van der Waals surface area contributed by atoms with Crippen LogP contribution in [0.3, 0.4) is 0 Å². The van der Waals surface area contributed by atoms with Crippen molar-refractivity contribution in [3.63, 3.8) is 0 Å². The summed E-state index contributed by atoms with van der Waals surface area (Å²) in [6.45, 7) is 9.29. The molecule has 1 unspecified atom stereocenters. The van der Waals surface area contributed by atoms with Crippen molar-refractivity contribution in [2.45, 2.75) is 59.4 Å². The summed E-state index contributed by atoms with van der Waals surface area (Å²) in [6, 6.07) is 14.8. The van der Waals surface area contributed by atoms with Crippen molar-refractivity contribution in [3.8, 4) is 11.5 Å². The van der Waals surface area contributed by atoms with Crippen LogP contribution >= 0.6 is 0 Å². The average Bonchev–Trinajstić information content (AvgIpc) is 3.35. The first-order chi connectivity index (χ1) is 20.7. The lowest BCUT2D eigenvalue weighted by Gasteiger charge is -2.26. The second-order valence-corrected chi connectivity index (χ2v) is 11.7. The molecule has 2 aromatic carbocycles. The number of ketones is 1. The Hall–Kier alpha value is -3.65. The Bertz CT molecular complexity index is 1220. The maximum Gasteiger partial charge on any atom is 0.416 e. The van der Waals surface area contributed by atoms with E-state index in [4.69, 9.17) is 18.9 Å². The van der Waals surface area contributed by atoms with Crippen LogP contribution in [0.2, 0.25) is 0 Å². The molecule has 0 aromatic heterocycles. The van der Waals surface area contributed by atoms with Gasteiger partial charge in [-0.15, -0.1) is 0 Å². The quantitative estimate of drug-likeness (QED) is 0.114. The molecule has 8 heteroatoms. The molecule has 1 aliphatic heterocycles. The molecule has 8 nitrogen and oxygen atoms in total. The van der Waals surface area contributed by atoms with Gasteiger partial charge in [0.05, 0.1) is 19.8 Å². The van der Waals surface area contributed by atoms with Crippen molar-refractivity contribution >= 4 is 17.8 Å². The molecular weight excluding hydrogens is 546 g/mol. The first-order valence-electron chi connectivity index (χ1n) is 15.2. The van der Waals surface area contributed by atoms with Crippen molar-refractivity contribution in [1.29, 1.82) is 0 Å². The van der Waals surface area contributed by atoms with Crippen LogP contribution in [0.15, 0.2) is 60.7 Å². The maximum absolute atomic E-state index is 13.6. The number of ether oxygens (including phenoxy) is 4. The average molecular weight is 594 g/mol. The number of nitrogens with zero attached hydrogens (tertiary/aromatic N) is 1. The van der Waals surface area contributed by atoms with Crippen LogP contribution in [0.4, 0.5) is 4.79 Å². The molecule has 0 bridgehead atoms. The number of Topliss-reactive ketones (excluding diaryl/α,β-unsaturated/α-hetero) is 1. The summed E-state index contributed by atoms with van der Waals surface area (Å²) in [5.74, 6) is 0.424. The van der Waals surface area contributed by atoms with Gasteiger partial charge in [0.25, 0.3) is 0 Å². The zero-order chi connectivity index (χ0) is 31.4. The number of hydrogen-bond donors (Lipinski definition) is 0. The standard InChI is InChI=1S/C35H47NO7/c1-24(2)29(33(37)27-17-18-31(41-6)32(22-27)42-20-12-19-40-5)15-10-11-16-30(25(3)4)34(38)36-28(23-43-35(36)39)21-26-13-8-7-9-14-26/h7-11,13-14,17-18,22,24-25,28-30H,12,15-16,19-21,23H2,1-6H3/t28-,29-,30?/m0/s1. The van der Waals surface area contributed by atoms with Gasteiger partial charge in [0.15, 0.2) is 17.3 Å². The third kappa shape index (κ3) is 9.42. The summed E-state index contributed by atoms with van der Waals surface area (Å²) in [5.41, 5.74) is 1.62. The predicted molar refractivity (Wildman–Crippen MR) is 166 cm³/mol. The molecule has 0 radical (unpaired) electrons. The highest BCUT2D eigenvalue weighted by molar-refractivity contribution is 5.98. The lowest BCUT2D eigenvalue weighted by atomic mass is 9.84. The third-order valence-corrected chi connectivity index (χ3v) is 7.92. The normalized spacial score (nSPS) is 16.5. The molecule has 1 aliphatic rings. The minimum atomic E-state index is -0.576. The molecule has 1 heterocycles. The fourth-order valence-electron chi connectivity index (χ4n) is 5.31. The van der Waals surface area contributed by atoms with Gasteiger partial charge in [-0.25, -0.2) is 9.69 Å². The van der Waals surface area contributed by atoms with E-state index in [9.17, 15) is 14.4 Å². The van der Waals surface area contributed by atoms with Gasteiger partial charge in [-0.05, 0) is 54.9 Å². The molecule has 0 saturated carbocycles. The van der Waals surface area contributed by atoms with E-state index in [1.54, 1.807) is 32.4 Å². The number of carbonyl (C=O) groups is 3. The van der Waals surface area contributed by atoms with Crippen LogP contribution < -0.4 is 9.47 Å². The molecule has 1 fully saturated rings. The molecule has 43 heavy (non-hydrogen) atoms. The molecular formula is C35H47NO7. The molecule has 0 N–H and O–H groups in total. The second kappa shape index (κ2) is 16.8. The van der Waals surface area contributed by atoms with Crippen LogP contribution in [0.1, 0.15) is 62.9 Å². The number of hydrogen-bond acceptors (Lipinski definition) is 7. The SMILES string of the molecule is COCCCOc1cc(C(=O)[C@@H](CC=CCC(C(=O)N2C(=O)OC[C@@H]2Cc2ccccc2)C(C)C)C(C)C)ccc1OC. The smallest absolute Gasteiger partial charge is 0.416 e. The van der Waals surface area contributed by atoms with Crippen molar-refractivity contribution in [3.05, 3.63) is 71.8 Å². The number of rotatable bonds is 17. The van der Waals surface area contributed by atoms with E-state index in [0.29, 0.717) is 49.5 Å². The zero-order valence-electron chi connectivity index (χ0n) is 26.4. The molecule has 0 aliphatic carbocycles. The lowest BCUT2D eigenvalue weighted by molar-refractivity contribution is -0.134. The van der Waals surface area contributed by atoms with Crippen molar-refractivity contribution in [2.24, 2.45) is 23.7 Å². The summed E-state index contributed by atoms with van der Waals surface area (Å²) in [5, 5.41) is 0. The first-order valence-corrected chi connectivity index (χ1v) is 15.2. The minimum absolute atomic E-state index is 0.0204. The van der Waals surface area contributed by atoms with Crippen molar-refractivity contribution in [2.75, 3.05) is 34.0 Å². The van der Waals surface area contributed by atoms with Crippen LogP contribution in [-0.4, -0.2) is 62.8 Å². The van der Waals surface area contributed by atoms with E-state index >= 15 is 0 Å². The van der Waals surface area contributed by atoms with Crippen molar-refractivity contribution in [1.82, 2.24) is 4.90 Å². The molecule has 1 saturated heterocycles. The number of imide groups is 1. The van der Waals surface area contributed by atoms with E-state index in [1.165, 1.54) is 4.90 Å². The van der Waals surface area contributed by atoms with Gasteiger partial charge in [-0.2, -0.15) is 0 Å². The van der Waals surface area contributed by atoms with Gasteiger partial charge < -0.3 is 18.9 Å². The predicted octanol–water partition coefficient (Wildman–Crippen LogP) is 6.76. The van der Waals surface area contributed by atoms with Gasteiger partial charge in [0.2, 0.25) is 5.91 Å².